The van der Waals surface area contributed by atoms with Crippen molar-refractivity contribution in [1.29, 1.82) is 0 Å². The minimum Gasteiger partial charge on any atom is -0.496 e. The molecule has 3 heteroatoms. The molecule has 0 spiro atoms. The number of rotatable bonds is 3. The Morgan fingerprint density at radius 1 is 1.53 bits per heavy atom. The van der Waals surface area contributed by atoms with Crippen LogP contribution in [0.3, 0.4) is 0 Å². The monoisotopic (exact) mass is 206 g/mol. The second kappa shape index (κ2) is 4.11. The second-order valence-electron chi connectivity index (χ2n) is 4.02. The summed E-state index contributed by atoms with van der Waals surface area (Å²) in [5.74, 6) is 0.991. The summed E-state index contributed by atoms with van der Waals surface area (Å²) >= 11 is 0. The summed E-state index contributed by atoms with van der Waals surface area (Å²) in [6, 6.07) is 7.08. The van der Waals surface area contributed by atoms with Crippen molar-refractivity contribution < 1.29 is 4.74 Å². The first-order valence-electron chi connectivity index (χ1n) is 5.36. The molecular formula is C12H18N2O. The number of nitrogens with one attached hydrogen (secondary N) is 2. The van der Waals surface area contributed by atoms with Crippen LogP contribution in [0.4, 0.5) is 5.69 Å². The predicted octanol–water partition coefficient (Wildman–Crippen LogP) is 1.64. The Bertz CT molecular complexity index is 351. The van der Waals surface area contributed by atoms with Gasteiger partial charge in [-0.3, -0.25) is 0 Å². The number of anilines is 1. The summed E-state index contributed by atoms with van der Waals surface area (Å²) in [6.45, 7) is 2.19. The molecule has 1 aromatic carbocycles. The number of ether oxygens (including phenoxy) is 1. The molecule has 15 heavy (non-hydrogen) atoms. The number of benzene rings is 1. The van der Waals surface area contributed by atoms with E-state index in [0.717, 1.165) is 12.2 Å². The largest absolute Gasteiger partial charge is 0.496 e. The first-order chi connectivity index (χ1) is 7.26. The minimum atomic E-state index is 0.460. The molecule has 1 aromatic rings. The molecule has 0 saturated carbocycles. The van der Waals surface area contributed by atoms with Crippen molar-refractivity contribution in [2.75, 3.05) is 19.5 Å². The van der Waals surface area contributed by atoms with E-state index >= 15 is 0 Å². The van der Waals surface area contributed by atoms with Gasteiger partial charge in [0.05, 0.1) is 7.11 Å². The Morgan fingerprint density at radius 3 is 3.00 bits per heavy atom. The van der Waals surface area contributed by atoms with Crippen molar-refractivity contribution >= 4 is 5.69 Å². The quantitative estimate of drug-likeness (QED) is 0.788. The molecule has 0 aromatic heterocycles. The molecule has 0 bridgehead atoms. The molecule has 2 rings (SSSR count). The first kappa shape index (κ1) is 10.3. The lowest BCUT2D eigenvalue weighted by Gasteiger charge is -2.18. The van der Waals surface area contributed by atoms with Gasteiger partial charge in [-0.2, -0.15) is 0 Å². The van der Waals surface area contributed by atoms with Crippen LogP contribution in [-0.4, -0.2) is 26.2 Å². The molecule has 0 saturated heterocycles. The van der Waals surface area contributed by atoms with Gasteiger partial charge in [0.2, 0.25) is 0 Å². The summed E-state index contributed by atoms with van der Waals surface area (Å²) < 4.78 is 5.36. The van der Waals surface area contributed by atoms with E-state index in [2.05, 4.69) is 23.6 Å². The molecule has 1 aliphatic heterocycles. The van der Waals surface area contributed by atoms with E-state index < -0.39 is 0 Å². The smallest absolute Gasteiger partial charge is 0.124 e. The average Bonchev–Trinajstić information content (AvgIpc) is 2.71. The molecular weight excluding hydrogens is 188 g/mol. The van der Waals surface area contributed by atoms with Crippen LogP contribution >= 0.6 is 0 Å². The van der Waals surface area contributed by atoms with Gasteiger partial charge in [-0.25, -0.2) is 0 Å². The maximum Gasteiger partial charge on any atom is 0.124 e. The minimum absolute atomic E-state index is 0.460. The van der Waals surface area contributed by atoms with Crippen LogP contribution in [0.1, 0.15) is 12.5 Å². The molecule has 2 unspecified atom stereocenters. The Hall–Kier alpha value is -1.22. The molecule has 2 N–H and O–H groups in total. The zero-order valence-electron chi connectivity index (χ0n) is 9.50. The van der Waals surface area contributed by atoms with Crippen LogP contribution in [0.25, 0.3) is 0 Å². The molecule has 2 atom stereocenters. The zero-order chi connectivity index (χ0) is 10.8. The van der Waals surface area contributed by atoms with Gasteiger partial charge in [0.25, 0.3) is 0 Å². The molecule has 0 amide bonds. The van der Waals surface area contributed by atoms with E-state index in [1.807, 2.05) is 19.2 Å². The van der Waals surface area contributed by atoms with Gasteiger partial charge in [0, 0.05) is 23.3 Å². The summed E-state index contributed by atoms with van der Waals surface area (Å²) in [7, 11) is 3.72. The molecule has 0 radical (unpaired) electrons. The van der Waals surface area contributed by atoms with Crippen LogP contribution in [-0.2, 0) is 6.42 Å². The molecule has 1 heterocycles. The normalized spacial score (nSPS) is 20.6. The molecule has 0 fully saturated rings. The Balaban J connectivity index is 2.23. The van der Waals surface area contributed by atoms with E-state index in [9.17, 15) is 0 Å². The molecule has 0 aliphatic carbocycles. The number of fused-ring (bicyclic) bond motifs is 1. The van der Waals surface area contributed by atoms with Gasteiger partial charge in [0.15, 0.2) is 0 Å². The third-order valence-corrected chi connectivity index (χ3v) is 3.18. The average molecular weight is 206 g/mol. The standard InChI is InChI=1S/C12H18N2O/c1-8(13-2)11-7-9-10(14-11)5-4-6-12(9)15-3/h4-6,8,11,13-14H,7H2,1-3H3. The topological polar surface area (TPSA) is 33.3 Å². The van der Waals surface area contributed by atoms with Crippen LogP contribution < -0.4 is 15.4 Å². The Labute approximate surface area is 90.8 Å². The van der Waals surface area contributed by atoms with Gasteiger partial charge >= 0.3 is 0 Å². The van der Waals surface area contributed by atoms with Gasteiger partial charge in [0.1, 0.15) is 5.75 Å². The fraction of sp³-hybridized carbons (Fsp3) is 0.500. The van der Waals surface area contributed by atoms with Gasteiger partial charge in [-0.15, -0.1) is 0 Å². The van der Waals surface area contributed by atoms with Crippen LogP contribution in [0.15, 0.2) is 18.2 Å². The highest BCUT2D eigenvalue weighted by Gasteiger charge is 2.26. The third kappa shape index (κ3) is 1.79. The van der Waals surface area contributed by atoms with Gasteiger partial charge in [-0.1, -0.05) is 6.07 Å². The Morgan fingerprint density at radius 2 is 2.33 bits per heavy atom. The van der Waals surface area contributed by atoms with Crippen molar-refractivity contribution in [2.24, 2.45) is 0 Å². The van der Waals surface area contributed by atoms with Crippen molar-refractivity contribution in [2.45, 2.75) is 25.4 Å². The van der Waals surface area contributed by atoms with E-state index in [0.29, 0.717) is 12.1 Å². The highest BCUT2D eigenvalue weighted by Crippen LogP contribution is 2.34. The highest BCUT2D eigenvalue weighted by molar-refractivity contribution is 5.62. The SMILES string of the molecule is CNC(C)C1Cc2c(cccc2OC)N1. The Kier molecular flexibility index (Phi) is 2.82. The van der Waals surface area contributed by atoms with Crippen molar-refractivity contribution in [3.63, 3.8) is 0 Å². The van der Waals surface area contributed by atoms with Gasteiger partial charge in [-0.05, 0) is 32.5 Å². The summed E-state index contributed by atoms with van der Waals surface area (Å²) in [6.07, 6.45) is 1.03. The van der Waals surface area contributed by atoms with Crippen LogP contribution in [0.5, 0.6) is 5.75 Å². The van der Waals surface area contributed by atoms with Crippen molar-refractivity contribution in [1.82, 2.24) is 5.32 Å². The van der Waals surface area contributed by atoms with E-state index in [4.69, 9.17) is 4.74 Å². The maximum absolute atomic E-state index is 5.36. The summed E-state index contributed by atoms with van der Waals surface area (Å²) in [5.41, 5.74) is 2.51. The van der Waals surface area contributed by atoms with Gasteiger partial charge < -0.3 is 15.4 Å². The lowest BCUT2D eigenvalue weighted by atomic mass is 10.0. The summed E-state index contributed by atoms with van der Waals surface area (Å²) in [5, 5.41) is 6.79. The maximum atomic E-state index is 5.36. The third-order valence-electron chi connectivity index (χ3n) is 3.18. The lowest BCUT2D eigenvalue weighted by molar-refractivity contribution is 0.409. The van der Waals surface area contributed by atoms with E-state index in [1.165, 1.54) is 11.3 Å². The second-order valence-corrected chi connectivity index (χ2v) is 4.02. The highest BCUT2D eigenvalue weighted by atomic mass is 16.5. The molecule has 82 valence electrons. The number of methoxy groups -OCH3 is 1. The van der Waals surface area contributed by atoms with E-state index in [1.54, 1.807) is 7.11 Å². The molecule has 1 aliphatic rings. The fourth-order valence-electron chi connectivity index (χ4n) is 2.08. The fourth-order valence-corrected chi connectivity index (χ4v) is 2.08. The lowest BCUT2D eigenvalue weighted by Crippen LogP contribution is -2.38. The number of likely N-dealkylation sites (N-methyl/N-ethyl adjacent to an activating group) is 1. The van der Waals surface area contributed by atoms with Crippen LogP contribution in [0.2, 0.25) is 0 Å². The van der Waals surface area contributed by atoms with Crippen molar-refractivity contribution in [3.05, 3.63) is 23.8 Å². The molecule has 3 nitrogen and oxygen atoms in total. The van der Waals surface area contributed by atoms with Crippen molar-refractivity contribution in [3.8, 4) is 5.75 Å². The number of hydrogen-bond acceptors (Lipinski definition) is 3. The number of hydrogen-bond donors (Lipinski definition) is 2. The van der Waals surface area contributed by atoms with E-state index in [-0.39, 0.29) is 0 Å². The zero-order valence-corrected chi connectivity index (χ0v) is 9.50. The summed E-state index contributed by atoms with van der Waals surface area (Å²) in [4.78, 5) is 0. The first-order valence-corrected chi connectivity index (χ1v) is 5.36. The van der Waals surface area contributed by atoms with Crippen LogP contribution in [0, 0.1) is 0 Å². The predicted molar refractivity (Wildman–Crippen MR) is 62.6 cm³/mol.